The van der Waals surface area contributed by atoms with Crippen LogP contribution in [0.4, 0.5) is 0 Å². The molecule has 7 aliphatic rings. The summed E-state index contributed by atoms with van der Waals surface area (Å²) in [5, 5.41) is 0.142. The summed E-state index contributed by atoms with van der Waals surface area (Å²) in [6.45, 7) is 8.03. The molecule has 62 heavy (non-hydrogen) atoms. The van der Waals surface area contributed by atoms with Crippen molar-refractivity contribution >= 4 is 44.4 Å². The van der Waals surface area contributed by atoms with Crippen molar-refractivity contribution in [2.24, 2.45) is 23.2 Å². The molecule has 5 heterocycles. The molecule has 3 amide bonds. The van der Waals surface area contributed by atoms with Gasteiger partial charge in [0.25, 0.3) is 0 Å². The minimum Gasteiger partial charge on any atom is -0.496 e. The van der Waals surface area contributed by atoms with Crippen molar-refractivity contribution in [1.82, 2.24) is 19.5 Å². The van der Waals surface area contributed by atoms with E-state index in [1.807, 2.05) is 24.0 Å². The lowest BCUT2D eigenvalue weighted by Crippen LogP contribution is -2.49. The summed E-state index contributed by atoms with van der Waals surface area (Å²) < 4.78 is 53.1. The maximum atomic E-state index is 15.3. The third-order valence-corrected chi connectivity index (χ3v) is 16.2. The fraction of sp³-hybridized carbons (Fsp3) is 0.681. The van der Waals surface area contributed by atoms with E-state index in [1.54, 1.807) is 24.2 Å². The quantitative estimate of drug-likeness (QED) is 0.260. The van der Waals surface area contributed by atoms with Gasteiger partial charge in [-0.15, -0.1) is 6.58 Å². The molecule has 0 spiro atoms. The Kier molecular flexibility index (Phi) is 13.5. The van der Waals surface area contributed by atoms with E-state index in [0.29, 0.717) is 56.3 Å². The number of nitrogens with zero attached hydrogens (tertiary/aromatic N) is 3. The summed E-state index contributed by atoms with van der Waals surface area (Å²) in [6, 6.07) is 4.74. The number of rotatable bonds is 11. The second-order valence-electron chi connectivity index (χ2n) is 18.5. The molecule has 14 nitrogen and oxygen atoms in total. The highest BCUT2D eigenvalue weighted by Gasteiger charge is 2.61. The number of sulfonamides is 1. The van der Waals surface area contributed by atoms with Crippen LogP contribution in [0.15, 0.2) is 30.9 Å². The highest BCUT2D eigenvalue weighted by Crippen LogP contribution is 2.57. The normalized spacial score (nSPS) is 29.1. The van der Waals surface area contributed by atoms with Crippen molar-refractivity contribution < 1.29 is 46.5 Å². The Morgan fingerprint density at radius 3 is 2.45 bits per heavy atom. The monoisotopic (exact) mass is 876 g/mol. The van der Waals surface area contributed by atoms with Gasteiger partial charge < -0.3 is 28.7 Å². The largest absolute Gasteiger partial charge is 0.496 e. The first kappa shape index (κ1) is 44.4. The molecule has 0 unspecified atom stereocenters. The lowest BCUT2D eigenvalue weighted by Gasteiger charge is -2.36. The van der Waals surface area contributed by atoms with Gasteiger partial charge in [-0.25, -0.2) is 13.4 Å². The first-order valence-corrected chi connectivity index (χ1v) is 24.7. The minimum atomic E-state index is -3.86. The fourth-order valence-electron chi connectivity index (χ4n) is 10.5. The van der Waals surface area contributed by atoms with Gasteiger partial charge in [-0.3, -0.25) is 23.9 Å². The van der Waals surface area contributed by atoms with Crippen LogP contribution in [0, 0.1) is 23.2 Å². The number of Topliss-reactive ketones (excluding diaryl/α,β-unsaturated/α-hetero) is 1. The van der Waals surface area contributed by atoms with Gasteiger partial charge in [0.15, 0.2) is 5.78 Å². The second kappa shape index (κ2) is 18.8. The summed E-state index contributed by atoms with van der Waals surface area (Å²) in [5.41, 5.74) is 0.344. The van der Waals surface area contributed by atoms with Crippen molar-refractivity contribution in [3.8, 4) is 17.4 Å². The first-order chi connectivity index (χ1) is 29.9. The van der Waals surface area contributed by atoms with Crippen LogP contribution in [-0.2, 0) is 40.4 Å². The molecule has 338 valence electrons. The van der Waals surface area contributed by atoms with Crippen molar-refractivity contribution in [2.75, 3.05) is 40.0 Å². The summed E-state index contributed by atoms with van der Waals surface area (Å²) in [4.78, 5) is 66.4. The highest BCUT2D eigenvalue weighted by molar-refractivity contribution is 7.90. The van der Waals surface area contributed by atoms with Crippen LogP contribution in [0.25, 0.3) is 10.9 Å². The molecule has 3 saturated carbocycles. The zero-order chi connectivity index (χ0) is 43.6. The zero-order valence-corrected chi connectivity index (χ0v) is 37.3. The van der Waals surface area contributed by atoms with Gasteiger partial charge in [0.2, 0.25) is 33.6 Å². The molecule has 4 aliphatic heterocycles. The van der Waals surface area contributed by atoms with E-state index in [4.69, 9.17) is 23.9 Å². The molecule has 1 aromatic carbocycles. The number of carbonyl (C=O) groups is 4. The number of pyridine rings is 1. The van der Waals surface area contributed by atoms with Gasteiger partial charge in [0, 0.05) is 62.4 Å². The first-order valence-electron chi connectivity index (χ1n) is 23.1. The summed E-state index contributed by atoms with van der Waals surface area (Å²) in [6.07, 6.45) is 12.0. The molecule has 5 atom stereocenters. The Labute approximate surface area is 365 Å². The number of benzene rings is 1. The van der Waals surface area contributed by atoms with Crippen LogP contribution < -0.4 is 18.9 Å². The number of hydrogen-bond donors (Lipinski definition) is 1. The number of fused-ring (bicyclic) bond motifs is 10. The predicted molar refractivity (Wildman–Crippen MR) is 232 cm³/mol. The smallest absolute Gasteiger partial charge is 0.240 e. The van der Waals surface area contributed by atoms with Crippen molar-refractivity contribution in [1.29, 1.82) is 0 Å². The van der Waals surface area contributed by atoms with E-state index in [2.05, 4.69) is 11.3 Å². The van der Waals surface area contributed by atoms with Gasteiger partial charge >= 0.3 is 0 Å². The molecular weight excluding hydrogens is 813 g/mol. The highest BCUT2D eigenvalue weighted by atomic mass is 32.2. The van der Waals surface area contributed by atoms with Gasteiger partial charge in [-0.1, -0.05) is 31.8 Å². The molecule has 3 aliphatic carbocycles. The second-order valence-corrected chi connectivity index (χ2v) is 20.5. The van der Waals surface area contributed by atoms with Crippen LogP contribution in [-0.4, -0.2) is 110 Å². The topological polar surface area (TPSA) is 171 Å². The van der Waals surface area contributed by atoms with Gasteiger partial charge in [-0.05, 0) is 94.6 Å². The molecule has 1 aromatic heterocycles. The average molecular weight is 877 g/mol. The van der Waals surface area contributed by atoms with Crippen molar-refractivity contribution in [3.05, 3.63) is 36.4 Å². The third kappa shape index (κ3) is 9.63. The van der Waals surface area contributed by atoms with Gasteiger partial charge in [0.05, 0.1) is 48.6 Å². The number of amides is 3. The van der Waals surface area contributed by atoms with Gasteiger partial charge in [-0.2, -0.15) is 0 Å². The Hall–Kier alpha value is -4.24. The number of methoxy groups -OCH3 is 1. The van der Waals surface area contributed by atoms with Crippen LogP contribution in [0.1, 0.15) is 115 Å². The number of ketones is 1. The zero-order valence-electron chi connectivity index (χ0n) is 36.4. The number of ether oxygens (including phenoxy) is 4. The molecule has 15 heteroatoms. The van der Waals surface area contributed by atoms with Crippen LogP contribution >= 0.6 is 0 Å². The number of nitrogens with one attached hydrogen (secondary N) is 1. The van der Waals surface area contributed by atoms with Crippen molar-refractivity contribution in [3.63, 3.8) is 0 Å². The molecule has 9 rings (SSSR count). The predicted octanol–water partition coefficient (Wildman–Crippen LogP) is 6.07. The maximum absolute atomic E-state index is 15.3. The molecule has 2 aromatic rings. The van der Waals surface area contributed by atoms with E-state index < -0.39 is 50.6 Å². The SMILES string of the molecule is C=C[C@@H]1C[C@]1(CC(=O)[C@@H]1C[C@@H]2CN1C(=O)[C@H](C1CCCCC1)CC(=O)N1CCC(CC1)OCCCCCc1cc3c(cc(OCC)nc3cc1OC)O2)C(=O)NS(=O)(=O)C1CC1. The Bertz CT molecular complexity index is 2130. The number of hydrogen-bond acceptors (Lipinski definition) is 11. The number of carbonyl (C=O) groups excluding carboxylic acids is 4. The number of piperidine rings is 1. The molecule has 0 radical (unpaired) electrons. The van der Waals surface area contributed by atoms with Crippen molar-refractivity contribution in [2.45, 2.75) is 140 Å². The number of aryl methyl sites for hydroxylation is 1. The molecular formula is C47H64N4O10S. The van der Waals surface area contributed by atoms with Crippen LogP contribution in [0.3, 0.4) is 0 Å². The van der Waals surface area contributed by atoms with E-state index in [9.17, 15) is 22.8 Å². The van der Waals surface area contributed by atoms with E-state index in [-0.39, 0.29) is 61.8 Å². The average Bonchev–Trinajstić information content (AvgIpc) is 4.20. The number of allylic oxidation sites excluding steroid dienone is 1. The van der Waals surface area contributed by atoms with E-state index >= 15 is 4.79 Å². The van der Waals surface area contributed by atoms with Crippen LogP contribution in [0.5, 0.6) is 17.4 Å². The minimum absolute atomic E-state index is 0.0213. The maximum Gasteiger partial charge on any atom is 0.240 e. The molecule has 6 bridgehead atoms. The van der Waals surface area contributed by atoms with E-state index in [0.717, 1.165) is 87.3 Å². The standard InChI is InChI=1S/C47H64N4O10S/c1-4-32-27-47(32,46(55)49-62(56,57)35-15-16-35)28-40(52)39-23-34-29-51(39)45(54)36(30-12-8-6-9-13-30)24-44(53)50-19-17-33(18-20-50)60-21-11-7-10-14-31-22-37-38(25-41(31)58-3)48-43(59-5-2)26-42(37)61-34/h4,22,25-26,30,32-36,39H,1,5-21,23-24,27-29H2,2-3H3,(H,49,55)/t32-,34-,36+,39+,47-/m1/s1. The molecule has 2 saturated heterocycles. The summed E-state index contributed by atoms with van der Waals surface area (Å²) in [7, 11) is -2.21. The summed E-state index contributed by atoms with van der Waals surface area (Å²) >= 11 is 0. The Morgan fingerprint density at radius 2 is 1.76 bits per heavy atom. The summed E-state index contributed by atoms with van der Waals surface area (Å²) in [5.74, 6) is -0.797. The Balaban J connectivity index is 1.15. The lowest BCUT2D eigenvalue weighted by atomic mass is 9.77. The van der Waals surface area contributed by atoms with Crippen LogP contribution in [0.2, 0.25) is 0 Å². The molecule has 1 N–H and O–H groups in total. The molecule has 5 fully saturated rings. The third-order valence-electron chi connectivity index (χ3n) is 14.4. The van der Waals surface area contributed by atoms with E-state index in [1.165, 1.54) is 0 Å². The number of aromatic nitrogens is 1. The van der Waals surface area contributed by atoms with Gasteiger partial charge in [0.1, 0.15) is 17.6 Å². The fourth-order valence-corrected chi connectivity index (χ4v) is 11.9. The lowest BCUT2D eigenvalue weighted by molar-refractivity contribution is -0.147. The Morgan fingerprint density at radius 1 is 1.00 bits per heavy atom.